The van der Waals surface area contributed by atoms with Crippen molar-refractivity contribution in [1.29, 1.82) is 0 Å². The standard InChI is InChI=1S/C73H124NO8P/c1-3-5-7-9-11-13-15-17-19-21-23-25-27-28-29-30-31-32-33-34-35-36-37-38-39-40-41-42-44-46-48-50-52-54-56-58-60-62-64-66-73(76)82-71(70-81-83(77,78)80-68-67-74)69-79-72(75)65-63-61-59-57-55-53-51-49-47-45-43-26-24-22-20-18-16-14-12-10-8-6-4-2/h5-8,11-14,17-20,23-26,28-29,31-32,34-35,71H,3-4,9-10,15-16,21-22,27,30,33,36-70,74H2,1-2H3,(H,77,78)/b7-5-,8-6-,13-11-,14-12-,19-17-,20-18-,25-23-,26-24-,29-28-,32-31-,35-34-. The maximum atomic E-state index is 12.8. The summed E-state index contributed by atoms with van der Waals surface area (Å²) < 4.78 is 33.1. The molecular formula is C73H124NO8P. The lowest BCUT2D eigenvalue weighted by molar-refractivity contribution is -0.161. The Hall–Kier alpha value is -3.85. The Bertz CT molecular complexity index is 1820. The minimum absolute atomic E-state index is 0.0484. The van der Waals surface area contributed by atoms with Crippen LogP contribution in [0.3, 0.4) is 0 Å². The van der Waals surface area contributed by atoms with Crippen molar-refractivity contribution in [2.45, 2.75) is 290 Å². The van der Waals surface area contributed by atoms with Crippen LogP contribution in [-0.2, 0) is 32.7 Å². The molecule has 2 unspecified atom stereocenters. The van der Waals surface area contributed by atoms with Gasteiger partial charge in [-0.1, -0.05) is 295 Å². The van der Waals surface area contributed by atoms with Crippen molar-refractivity contribution in [3.8, 4) is 0 Å². The Morgan fingerprint density at radius 1 is 0.361 bits per heavy atom. The summed E-state index contributed by atoms with van der Waals surface area (Å²) in [5.41, 5.74) is 5.40. The first kappa shape index (κ1) is 79.2. The molecule has 0 aliphatic carbocycles. The van der Waals surface area contributed by atoms with E-state index in [1.807, 2.05) is 0 Å². The summed E-state index contributed by atoms with van der Waals surface area (Å²) in [6.07, 6.45) is 95.3. The molecule has 9 nitrogen and oxygen atoms in total. The number of unbranched alkanes of at least 4 members (excludes halogenated alkanes) is 27. The van der Waals surface area contributed by atoms with Gasteiger partial charge in [-0.05, 0) is 109 Å². The van der Waals surface area contributed by atoms with Crippen LogP contribution in [0.5, 0.6) is 0 Å². The molecule has 0 bridgehead atoms. The third-order valence-electron chi connectivity index (χ3n) is 14.0. The van der Waals surface area contributed by atoms with Crippen molar-refractivity contribution in [2.75, 3.05) is 26.4 Å². The highest BCUT2D eigenvalue weighted by atomic mass is 31.2. The molecule has 0 aliphatic heterocycles. The van der Waals surface area contributed by atoms with Gasteiger partial charge >= 0.3 is 19.8 Å². The van der Waals surface area contributed by atoms with E-state index in [0.29, 0.717) is 6.42 Å². The highest BCUT2D eigenvalue weighted by molar-refractivity contribution is 7.47. The van der Waals surface area contributed by atoms with Crippen molar-refractivity contribution < 1.29 is 37.6 Å². The second kappa shape index (κ2) is 67.3. The Morgan fingerprint density at radius 3 is 0.928 bits per heavy atom. The summed E-state index contributed by atoms with van der Waals surface area (Å²) >= 11 is 0. The van der Waals surface area contributed by atoms with E-state index in [1.54, 1.807) is 0 Å². The van der Waals surface area contributed by atoms with Gasteiger partial charge in [0.25, 0.3) is 0 Å². The van der Waals surface area contributed by atoms with E-state index in [4.69, 9.17) is 24.3 Å². The van der Waals surface area contributed by atoms with Crippen molar-refractivity contribution in [3.05, 3.63) is 134 Å². The van der Waals surface area contributed by atoms with Crippen LogP contribution in [0, 0.1) is 0 Å². The molecule has 0 saturated carbocycles. The molecule has 0 amide bonds. The number of rotatable bonds is 62. The van der Waals surface area contributed by atoms with Crippen molar-refractivity contribution in [1.82, 2.24) is 0 Å². The van der Waals surface area contributed by atoms with Gasteiger partial charge in [-0.3, -0.25) is 18.6 Å². The zero-order valence-corrected chi connectivity index (χ0v) is 54.0. The summed E-state index contributed by atoms with van der Waals surface area (Å²) in [5, 5.41) is 0. The highest BCUT2D eigenvalue weighted by Gasteiger charge is 2.26. The summed E-state index contributed by atoms with van der Waals surface area (Å²) in [7, 11) is -4.40. The highest BCUT2D eigenvalue weighted by Crippen LogP contribution is 2.43. The summed E-state index contributed by atoms with van der Waals surface area (Å²) in [6.45, 7) is 3.53. The molecule has 0 aliphatic rings. The van der Waals surface area contributed by atoms with E-state index in [9.17, 15) is 19.0 Å². The number of hydrogen-bond acceptors (Lipinski definition) is 8. The molecule has 0 radical (unpaired) electrons. The number of phosphoric ester groups is 1. The third kappa shape index (κ3) is 67.2. The van der Waals surface area contributed by atoms with Gasteiger partial charge in [0, 0.05) is 19.4 Å². The average molecular weight is 1170 g/mol. The van der Waals surface area contributed by atoms with Crippen molar-refractivity contribution in [3.63, 3.8) is 0 Å². The van der Waals surface area contributed by atoms with Gasteiger partial charge < -0.3 is 20.1 Å². The van der Waals surface area contributed by atoms with E-state index < -0.39 is 26.5 Å². The van der Waals surface area contributed by atoms with Gasteiger partial charge in [-0.15, -0.1) is 0 Å². The van der Waals surface area contributed by atoms with Gasteiger partial charge in [0.2, 0.25) is 0 Å². The summed E-state index contributed by atoms with van der Waals surface area (Å²) in [6, 6.07) is 0. The fourth-order valence-corrected chi connectivity index (χ4v) is 9.90. The van der Waals surface area contributed by atoms with E-state index in [-0.39, 0.29) is 38.6 Å². The molecule has 0 aromatic rings. The number of ether oxygens (including phenoxy) is 2. The molecule has 0 spiro atoms. The SMILES string of the molecule is CC/C=C\C/C=C\C/C=C\C/C=C\C/C=C\C/C=C\C/C=C\CCCCCCCCCCCCCCCCCCCC(=O)OC(COC(=O)CCCCCCCCCCCC/C=C\C/C=C\C/C=C\C/C=C\CC)COP(=O)(O)OCCN. The van der Waals surface area contributed by atoms with Crippen LogP contribution in [0.15, 0.2) is 134 Å². The van der Waals surface area contributed by atoms with Crippen LogP contribution < -0.4 is 5.73 Å². The Labute approximate surface area is 510 Å². The van der Waals surface area contributed by atoms with Crippen LogP contribution >= 0.6 is 7.82 Å². The molecule has 0 rings (SSSR count). The lowest BCUT2D eigenvalue weighted by Gasteiger charge is -2.19. The van der Waals surface area contributed by atoms with Crippen LogP contribution in [0.1, 0.15) is 284 Å². The van der Waals surface area contributed by atoms with E-state index in [0.717, 1.165) is 122 Å². The summed E-state index contributed by atoms with van der Waals surface area (Å²) in [4.78, 5) is 35.3. The van der Waals surface area contributed by atoms with Crippen LogP contribution in [0.25, 0.3) is 0 Å². The molecule has 0 fully saturated rings. The summed E-state index contributed by atoms with van der Waals surface area (Å²) in [5.74, 6) is -0.831. The Kier molecular flexibility index (Phi) is 64.2. The Balaban J connectivity index is 3.89. The first-order valence-electron chi connectivity index (χ1n) is 33.7. The number of carbonyl (C=O) groups is 2. The number of allylic oxidation sites excluding steroid dienone is 22. The van der Waals surface area contributed by atoms with Crippen LogP contribution in [0.2, 0.25) is 0 Å². The van der Waals surface area contributed by atoms with Crippen LogP contribution in [-0.4, -0.2) is 49.3 Å². The molecule has 0 heterocycles. The monoisotopic (exact) mass is 1170 g/mol. The fraction of sp³-hybridized carbons (Fsp3) is 0.671. The minimum Gasteiger partial charge on any atom is -0.462 e. The number of carbonyl (C=O) groups excluding carboxylic acids is 2. The maximum Gasteiger partial charge on any atom is 0.472 e. The second-order valence-corrected chi connectivity index (χ2v) is 23.4. The third-order valence-corrected chi connectivity index (χ3v) is 15.0. The van der Waals surface area contributed by atoms with Crippen LogP contribution in [0.4, 0.5) is 0 Å². The molecule has 0 aromatic heterocycles. The molecule has 10 heteroatoms. The van der Waals surface area contributed by atoms with E-state index in [2.05, 4.69) is 148 Å². The zero-order valence-electron chi connectivity index (χ0n) is 53.1. The molecule has 83 heavy (non-hydrogen) atoms. The lowest BCUT2D eigenvalue weighted by atomic mass is 10.0. The number of esters is 2. The number of phosphoric acid groups is 1. The largest absolute Gasteiger partial charge is 0.472 e. The first-order valence-corrected chi connectivity index (χ1v) is 35.2. The van der Waals surface area contributed by atoms with Gasteiger partial charge in [-0.25, -0.2) is 4.57 Å². The molecule has 0 aromatic carbocycles. The Morgan fingerprint density at radius 2 is 0.627 bits per heavy atom. The quantitative estimate of drug-likeness (QED) is 0.0264. The lowest BCUT2D eigenvalue weighted by Crippen LogP contribution is -2.29. The number of nitrogens with two attached hydrogens (primary N) is 1. The van der Waals surface area contributed by atoms with E-state index >= 15 is 0 Å². The minimum atomic E-state index is -4.40. The molecule has 3 N–H and O–H groups in total. The van der Waals surface area contributed by atoms with Crippen molar-refractivity contribution >= 4 is 19.8 Å². The molecular weight excluding hydrogens is 1050 g/mol. The topological polar surface area (TPSA) is 134 Å². The average Bonchev–Trinajstić information content (AvgIpc) is 3.48. The maximum absolute atomic E-state index is 12.8. The van der Waals surface area contributed by atoms with Gasteiger partial charge in [0.1, 0.15) is 6.61 Å². The molecule has 474 valence electrons. The smallest absolute Gasteiger partial charge is 0.462 e. The predicted molar refractivity (Wildman–Crippen MR) is 357 cm³/mol. The predicted octanol–water partition coefficient (Wildman–Crippen LogP) is 22.1. The van der Waals surface area contributed by atoms with E-state index in [1.165, 1.54) is 128 Å². The molecule has 2 atom stereocenters. The second-order valence-electron chi connectivity index (χ2n) is 21.9. The van der Waals surface area contributed by atoms with Gasteiger partial charge in [0.05, 0.1) is 13.2 Å². The van der Waals surface area contributed by atoms with Gasteiger partial charge in [0.15, 0.2) is 6.10 Å². The first-order chi connectivity index (χ1) is 40.8. The fourth-order valence-electron chi connectivity index (χ4n) is 9.14. The zero-order chi connectivity index (χ0) is 60.1. The van der Waals surface area contributed by atoms with Crippen molar-refractivity contribution in [2.24, 2.45) is 5.73 Å². The normalized spacial score (nSPS) is 13.8. The van der Waals surface area contributed by atoms with Gasteiger partial charge in [-0.2, -0.15) is 0 Å². The molecule has 0 saturated heterocycles. The number of hydrogen-bond donors (Lipinski definition) is 2.